The first-order valence-corrected chi connectivity index (χ1v) is 7.64. The molecular formula is C16H15ClFN5O. The second kappa shape index (κ2) is 6.84. The molecule has 8 heteroatoms. The second-order valence-electron chi connectivity index (χ2n) is 5.34. The van der Waals surface area contributed by atoms with E-state index in [9.17, 15) is 9.18 Å². The summed E-state index contributed by atoms with van der Waals surface area (Å²) in [4.78, 5) is 12.1. The van der Waals surface area contributed by atoms with E-state index in [1.165, 1.54) is 23.0 Å². The lowest BCUT2D eigenvalue weighted by Gasteiger charge is -2.05. The third-order valence-corrected chi connectivity index (χ3v) is 3.88. The van der Waals surface area contributed by atoms with E-state index in [1.54, 1.807) is 36.1 Å². The van der Waals surface area contributed by atoms with Crippen LogP contribution in [0.5, 0.6) is 0 Å². The standard InChI is InChI=1S/C16H15ClFN5O/c1-11-15(17)7-20-23(11)10-16(24)21-14-6-19-22(9-14)8-12-2-4-13(18)5-3-12/h2-7,9H,8,10H2,1H3,(H,21,24). The topological polar surface area (TPSA) is 64.7 Å². The van der Waals surface area contributed by atoms with Crippen LogP contribution in [0.15, 0.2) is 42.9 Å². The Morgan fingerprint density at radius 2 is 2.00 bits per heavy atom. The number of amides is 1. The molecule has 2 aromatic heterocycles. The van der Waals surface area contributed by atoms with Gasteiger partial charge in [0.1, 0.15) is 12.4 Å². The Bertz CT molecular complexity index is 856. The molecule has 6 nitrogen and oxygen atoms in total. The van der Waals surface area contributed by atoms with Crippen LogP contribution in [0.1, 0.15) is 11.3 Å². The second-order valence-corrected chi connectivity index (χ2v) is 5.74. The maximum Gasteiger partial charge on any atom is 0.246 e. The summed E-state index contributed by atoms with van der Waals surface area (Å²) in [5, 5.41) is 11.5. The summed E-state index contributed by atoms with van der Waals surface area (Å²) in [5.41, 5.74) is 2.23. The quantitative estimate of drug-likeness (QED) is 0.771. The zero-order chi connectivity index (χ0) is 17.1. The average molecular weight is 348 g/mol. The molecule has 3 rings (SSSR count). The highest BCUT2D eigenvalue weighted by Gasteiger charge is 2.10. The van der Waals surface area contributed by atoms with Crippen LogP contribution in [-0.2, 0) is 17.9 Å². The fraction of sp³-hybridized carbons (Fsp3) is 0.188. The van der Waals surface area contributed by atoms with Crippen LogP contribution in [0.25, 0.3) is 0 Å². The molecule has 0 spiro atoms. The lowest BCUT2D eigenvalue weighted by Crippen LogP contribution is -2.20. The van der Waals surface area contributed by atoms with Crippen molar-refractivity contribution in [2.45, 2.75) is 20.0 Å². The molecule has 1 N–H and O–H groups in total. The predicted octanol–water partition coefficient (Wildman–Crippen LogP) is 2.87. The van der Waals surface area contributed by atoms with Crippen molar-refractivity contribution in [3.8, 4) is 0 Å². The van der Waals surface area contributed by atoms with Crippen LogP contribution < -0.4 is 5.32 Å². The zero-order valence-electron chi connectivity index (χ0n) is 12.9. The fourth-order valence-corrected chi connectivity index (χ4v) is 2.35. The molecule has 0 radical (unpaired) electrons. The number of carbonyl (C=O) groups excluding carboxylic acids is 1. The van der Waals surface area contributed by atoms with Gasteiger partial charge in [-0.1, -0.05) is 23.7 Å². The van der Waals surface area contributed by atoms with Gasteiger partial charge in [0.25, 0.3) is 0 Å². The van der Waals surface area contributed by atoms with Crippen molar-refractivity contribution in [1.29, 1.82) is 0 Å². The summed E-state index contributed by atoms with van der Waals surface area (Å²) < 4.78 is 16.1. The summed E-state index contributed by atoms with van der Waals surface area (Å²) in [6.45, 7) is 2.36. The van der Waals surface area contributed by atoms with Crippen LogP contribution in [0.3, 0.4) is 0 Å². The number of nitrogens with one attached hydrogen (secondary N) is 1. The molecular weight excluding hydrogens is 333 g/mol. The Kier molecular flexibility index (Phi) is 4.61. The molecule has 24 heavy (non-hydrogen) atoms. The van der Waals surface area contributed by atoms with Crippen molar-refractivity contribution in [3.63, 3.8) is 0 Å². The number of carbonyl (C=O) groups is 1. The first-order chi connectivity index (χ1) is 11.5. The van der Waals surface area contributed by atoms with Crippen LogP contribution in [0.4, 0.5) is 10.1 Å². The van der Waals surface area contributed by atoms with Gasteiger partial charge in [0.05, 0.1) is 35.3 Å². The fourth-order valence-electron chi connectivity index (χ4n) is 2.21. The number of hydrogen-bond acceptors (Lipinski definition) is 3. The van der Waals surface area contributed by atoms with Gasteiger partial charge in [0, 0.05) is 6.20 Å². The van der Waals surface area contributed by atoms with E-state index < -0.39 is 0 Å². The van der Waals surface area contributed by atoms with Crippen molar-refractivity contribution in [1.82, 2.24) is 19.6 Å². The molecule has 0 saturated carbocycles. The van der Waals surface area contributed by atoms with Gasteiger partial charge < -0.3 is 5.32 Å². The summed E-state index contributed by atoms with van der Waals surface area (Å²) in [6.07, 6.45) is 4.78. The minimum Gasteiger partial charge on any atom is -0.322 e. The van der Waals surface area contributed by atoms with Gasteiger partial charge in [-0.05, 0) is 24.6 Å². The first-order valence-electron chi connectivity index (χ1n) is 7.26. The molecule has 3 aromatic rings. The number of halogens is 2. The molecule has 0 atom stereocenters. The number of anilines is 1. The van der Waals surface area contributed by atoms with Gasteiger partial charge in [0.2, 0.25) is 5.91 Å². The molecule has 1 aromatic carbocycles. The van der Waals surface area contributed by atoms with Crippen LogP contribution >= 0.6 is 11.6 Å². The van der Waals surface area contributed by atoms with Crippen LogP contribution in [0, 0.1) is 12.7 Å². The van der Waals surface area contributed by atoms with Crippen molar-refractivity contribution in [3.05, 3.63) is 65.0 Å². The molecule has 0 aliphatic rings. The van der Waals surface area contributed by atoms with Gasteiger partial charge in [-0.15, -0.1) is 0 Å². The molecule has 0 fully saturated rings. The highest BCUT2D eigenvalue weighted by atomic mass is 35.5. The number of benzene rings is 1. The van der Waals surface area contributed by atoms with Gasteiger partial charge >= 0.3 is 0 Å². The number of hydrogen-bond donors (Lipinski definition) is 1. The van der Waals surface area contributed by atoms with Crippen molar-refractivity contribution >= 4 is 23.2 Å². The summed E-state index contributed by atoms with van der Waals surface area (Å²) >= 11 is 5.91. The molecule has 124 valence electrons. The third kappa shape index (κ3) is 3.80. The highest BCUT2D eigenvalue weighted by molar-refractivity contribution is 6.31. The summed E-state index contributed by atoms with van der Waals surface area (Å²) in [6, 6.07) is 6.19. The Hall–Kier alpha value is -2.67. The van der Waals surface area contributed by atoms with E-state index in [0.717, 1.165) is 11.3 Å². The summed E-state index contributed by atoms with van der Waals surface area (Å²) in [7, 11) is 0. The predicted molar refractivity (Wildman–Crippen MR) is 88.3 cm³/mol. The Morgan fingerprint density at radius 1 is 1.25 bits per heavy atom. The van der Waals surface area contributed by atoms with E-state index in [2.05, 4.69) is 15.5 Å². The number of aromatic nitrogens is 4. The lowest BCUT2D eigenvalue weighted by atomic mass is 10.2. The third-order valence-electron chi connectivity index (χ3n) is 3.51. The number of nitrogens with zero attached hydrogens (tertiary/aromatic N) is 4. The van der Waals surface area contributed by atoms with Gasteiger partial charge in [-0.3, -0.25) is 14.2 Å². The van der Waals surface area contributed by atoms with Crippen molar-refractivity contribution in [2.24, 2.45) is 0 Å². The van der Waals surface area contributed by atoms with E-state index in [0.29, 0.717) is 17.3 Å². The molecule has 0 aliphatic carbocycles. The zero-order valence-corrected chi connectivity index (χ0v) is 13.7. The van der Waals surface area contributed by atoms with E-state index >= 15 is 0 Å². The monoisotopic (exact) mass is 347 g/mol. The van der Waals surface area contributed by atoms with Crippen molar-refractivity contribution < 1.29 is 9.18 Å². The summed E-state index contributed by atoms with van der Waals surface area (Å²) in [5.74, 6) is -0.500. The smallest absolute Gasteiger partial charge is 0.246 e. The maximum absolute atomic E-state index is 12.9. The molecule has 0 unspecified atom stereocenters. The molecule has 0 aliphatic heterocycles. The maximum atomic E-state index is 12.9. The van der Waals surface area contributed by atoms with Gasteiger partial charge in [-0.2, -0.15) is 10.2 Å². The molecule has 1 amide bonds. The minimum absolute atomic E-state index is 0.0711. The van der Waals surface area contributed by atoms with Crippen LogP contribution in [-0.4, -0.2) is 25.5 Å². The Balaban J connectivity index is 1.60. The molecule has 2 heterocycles. The lowest BCUT2D eigenvalue weighted by molar-refractivity contribution is -0.116. The minimum atomic E-state index is -0.277. The van der Waals surface area contributed by atoms with Gasteiger partial charge in [0.15, 0.2) is 0 Å². The Morgan fingerprint density at radius 3 is 2.67 bits per heavy atom. The van der Waals surface area contributed by atoms with Gasteiger partial charge in [-0.25, -0.2) is 4.39 Å². The average Bonchev–Trinajstić information content (AvgIpc) is 3.11. The van der Waals surface area contributed by atoms with E-state index in [4.69, 9.17) is 11.6 Å². The van der Waals surface area contributed by atoms with Crippen LogP contribution in [0.2, 0.25) is 5.02 Å². The molecule has 0 bridgehead atoms. The normalized spacial score (nSPS) is 10.8. The number of rotatable bonds is 5. The Labute approximate surface area is 142 Å². The molecule has 0 saturated heterocycles. The van der Waals surface area contributed by atoms with E-state index in [1.807, 2.05) is 0 Å². The van der Waals surface area contributed by atoms with Crippen molar-refractivity contribution in [2.75, 3.05) is 5.32 Å². The highest BCUT2D eigenvalue weighted by Crippen LogP contribution is 2.13. The SMILES string of the molecule is Cc1c(Cl)cnn1CC(=O)Nc1cnn(Cc2ccc(F)cc2)c1. The largest absolute Gasteiger partial charge is 0.322 e. The first kappa shape index (κ1) is 16.2. The van der Waals surface area contributed by atoms with E-state index in [-0.39, 0.29) is 18.3 Å².